The molecule has 0 saturated carbocycles. The lowest BCUT2D eigenvalue weighted by molar-refractivity contribution is 0.669. The molecule has 2 heterocycles. The van der Waals surface area contributed by atoms with Gasteiger partial charge >= 0.3 is 0 Å². The van der Waals surface area contributed by atoms with Crippen molar-refractivity contribution in [1.29, 1.82) is 0 Å². The van der Waals surface area contributed by atoms with Crippen LogP contribution >= 0.6 is 0 Å². The van der Waals surface area contributed by atoms with Crippen molar-refractivity contribution in [3.8, 4) is 61.3 Å². The molecule has 0 radical (unpaired) electrons. The number of hydrogen-bond donors (Lipinski definition) is 0. The zero-order valence-electron chi connectivity index (χ0n) is 37.7. The molecule has 0 spiro atoms. The highest BCUT2D eigenvalue weighted by Crippen LogP contribution is 2.44. The summed E-state index contributed by atoms with van der Waals surface area (Å²) in [4.78, 5) is 2.39. The Morgan fingerprint density at radius 1 is 0.275 bits per heavy atom. The maximum atomic E-state index is 6.35. The molecule has 0 N–H and O–H groups in total. The zero-order valence-corrected chi connectivity index (χ0v) is 37.7. The molecule has 3 heteroatoms. The van der Waals surface area contributed by atoms with Crippen LogP contribution in [0.15, 0.2) is 271 Å². The Morgan fingerprint density at radius 3 is 1.52 bits per heavy atom. The van der Waals surface area contributed by atoms with Gasteiger partial charge in [0.15, 0.2) is 0 Å². The molecule has 13 aromatic rings. The van der Waals surface area contributed by atoms with Crippen molar-refractivity contribution in [3.63, 3.8) is 0 Å². The number of benzene rings is 11. The highest BCUT2D eigenvalue weighted by Gasteiger charge is 2.19. The van der Waals surface area contributed by atoms with Crippen molar-refractivity contribution in [2.75, 3.05) is 4.90 Å². The molecule has 0 amide bonds. The molecule has 0 saturated heterocycles. The second kappa shape index (κ2) is 16.9. The first-order valence-corrected chi connectivity index (χ1v) is 23.6. The third-order valence-electron chi connectivity index (χ3n) is 13.6. The smallest absolute Gasteiger partial charge is 0.136 e. The molecule has 0 aliphatic carbocycles. The lowest BCUT2D eigenvalue weighted by atomic mass is 9.96. The predicted molar refractivity (Wildman–Crippen MR) is 290 cm³/mol. The summed E-state index contributed by atoms with van der Waals surface area (Å²) in [5.74, 6) is 0. The predicted octanol–water partition coefficient (Wildman–Crippen LogP) is 18.5. The maximum Gasteiger partial charge on any atom is 0.136 e. The number of para-hydroxylation sites is 4. The van der Waals surface area contributed by atoms with Gasteiger partial charge in [-0.25, -0.2) is 0 Å². The molecule has 13 rings (SSSR count). The van der Waals surface area contributed by atoms with E-state index >= 15 is 0 Å². The van der Waals surface area contributed by atoms with E-state index in [0.717, 1.165) is 78.1 Å². The molecular weight excluding hydrogens is 837 g/mol. The SMILES string of the molecule is c1ccc(-c2cccc(-c3ccccc3N(c3ccc(-c4ccc(-c5cccc(-n6c7ccccc7c7ccccc76)c5)cc4)cc3)c3cccc(-c4ccc5c(c4)oc4ccccc45)c3)c2)cc1. The fraction of sp³-hybridized carbons (Fsp3) is 0. The number of fused-ring (bicyclic) bond motifs is 6. The van der Waals surface area contributed by atoms with E-state index in [9.17, 15) is 0 Å². The second-order valence-electron chi connectivity index (χ2n) is 17.7. The van der Waals surface area contributed by atoms with Gasteiger partial charge in [0.1, 0.15) is 11.2 Å². The van der Waals surface area contributed by atoms with Gasteiger partial charge < -0.3 is 13.9 Å². The van der Waals surface area contributed by atoms with Crippen LogP contribution in [0, 0.1) is 0 Å². The first kappa shape index (κ1) is 40.1. The van der Waals surface area contributed by atoms with Crippen molar-refractivity contribution < 1.29 is 4.42 Å². The molecule has 0 unspecified atom stereocenters. The summed E-state index contributed by atoms with van der Waals surface area (Å²) in [6, 6.07) is 96.1. The molecule has 0 fully saturated rings. The molecule has 0 bridgehead atoms. The first-order valence-electron chi connectivity index (χ1n) is 23.6. The van der Waals surface area contributed by atoms with Crippen LogP contribution in [0.4, 0.5) is 17.1 Å². The van der Waals surface area contributed by atoms with E-state index in [2.05, 4.69) is 264 Å². The largest absolute Gasteiger partial charge is 0.456 e. The van der Waals surface area contributed by atoms with Gasteiger partial charge in [0.05, 0.1) is 16.7 Å². The normalized spacial score (nSPS) is 11.5. The van der Waals surface area contributed by atoms with E-state index in [4.69, 9.17) is 4.42 Å². The van der Waals surface area contributed by atoms with Crippen LogP contribution in [0.3, 0.4) is 0 Å². The van der Waals surface area contributed by atoms with Crippen LogP contribution in [-0.2, 0) is 0 Å². The summed E-state index contributed by atoms with van der Waals surface area (Å²) in [6.07, 6.45) is 0. The van der Waals surface area contributed by atoms with E-state index in [1.165, 1.54) is 44.1 Å². The molecule has 0 aliphatic heterocycles. The van der Waals surface area contributed by atoms with E-state index in [-0.39, 0.29) is 0 Å². The average molecular weight is 881 g/mol. The van der Waals surface area contributed by atoms with Gasteiger partial charge in [0.2, 0.25) is 0 Å². The number of anilines is 3. The monoisotopic (exact) mass is 880 g/mol. The average Bonchev–Trinajstić information content (AvgIpc) is 3.97. The molecule has 0 aliphatic rings. The Morgan fingerprint density at radius 2 is 0.768 bits per heavy atom. The fourth-order valence-corrected chi connectivity index (χ4v) is 10.3. The quantitative estimate of drug-likeness (QED) is 0.144. The third kappa shape index (κ3) is 7.25. The maximum absolute atomic E-state index is 6.35. The Kier molecular flexibility index (Phi) is 9.84. The minimum absolute atomic E-state index is 0.885. The van der Waals surface area contributed by atoms with E-state index < -0.39 is 0 Å². The van der Waals surface area contributed by atoms with Crippen LogP contribution in [0.2, 0.25) is 0 Å². The molecule has 2 aromatic heterocycles. The summed E-state index contributed by atoms with van der Waals surface area (Å²) in [5.41, 5.74) is 20.1. The summed E-state index contributed by atoms with van der Waals surface area (Å²) in [6.45, 7) is 0. The van der Waals surface area contributed by atoms with Gasteiger partial charge in [-0.15, -0.1) is 0 Å². The second-order valence-corrected chi connectivity index (χ2v) is 17.7. The highest BCUT2D eigenvalue weighted by molar-refractivity contribution is 6.09. The summed E-state index contributed by atoms with van der Waals surface area (Å²) < 4.78 is 8.73. The number of aromatic nitrogens is 1. The van der Waals surface area contributed by atoms with Crippen molar-refractivity contribution in [1.82, 2.24) is 4.57 Å². The standard InChI is InChI=1S/C66H44N2O/c1-2-15-45(16-3-1)49-17-12-20-53(41-49)57-23-4-8-27-62(57)67(55-21-14-19-51(43-55)52-37-40-61-60-26-7-11-30-65(60)69-66(61)44-52)54-38-35-47(36-39-54)46-31-33-48(34-32-46)50-18-13-22-56(42-50)68-63-28-9-5-24-58(63)59-25-6-10-29-64(59)68/h1-44H. The van der Waals surface area contributed by atoms with E-state index in [1.807, 2.05) is 12.1 Å². The first-order chi connectivity index (χ1) is 34.2. The van der Waals surface area contributed by atoms with Crippen molar-refractivity contribution >= 4 is 60.8 Å². The van der Waals surface area contributed by atoms with Gasteiger partial charge in [0, 0.05) is 44.2 Å². The zero-order chi connectivity index (χ0) is 45.7. The Labute approximate surface area is 401 Å². The lowest BCUT2D eigenvalue weighted by Crippen LogP contribution is -2.11. The Balaban J connectivity index is 0.867. The van der Waals surface area contributed by atoms with Crippen LogP contribution in [0.5, 0.6) is 0 Å². The lowest BCUT2D eigenvalue weighted by Gasteiger charge is -2.28. The topological polar surface area (TPSA) is 21.3 Å². The van der Waals surface area contributed by atoms with Crippen molar-refractivity contribution in [2.24, 2.45) is 0 Å². The number of furan rings is 1. The molecule has 3 nitrogen and oxygen atoms in total. The summed E-state index contributed by atoms with van der Waals surface area (Å²) in [7, 11) is 0. The third-order valence-corrected chi connectivity index (χ3v) is 13.6. The van der Waals surface area contributed by atoms with Crippen LogP contribution in [-0.4, -0.2) is 4.57 Å². The number of rotatable bonds is 9. The van der Waals surface area contributed by atoms with Crippen LogP contribution in [0.1, 0.15) is 0 Å². The van der Waals surface area contributed by atoms with Crippen molar-refractivity contribution in [2.45, 2.75) is 0 Å². The molecule has 11 aromatic carbocycles. The summed E-state index contributed by atoms with van der Waals surface area (Å²) in [5, 5.41) is 4.78. The van der Waals surface area contributed by atoms with Gasteiger partial charge in [-0.3, -0.25) is 0 Å². The van der Waals surface area contributed by atoms with Crippen LogP contribution in [0.25, 0.3) is 105 Å². The van der Waals surface area contributed by atoms with Gasteiger partial charge in [0.25, 0.3) is 0 Å². The summed E-state index contributed by atoms with van der Waals surface area (Å²) >= 11 is 0. The Hall–Kier alpha value is -9.18. The van der Waals surface area contributed by atoms with E-state index in [1.54, 1.807) is 0 Å². The molecular formula is C66H44N2O. The molecule has 69 heavy (non-hydrogen) atoms. The molecule has 0 atom stereocenters. The molecule has 324 valence electrons. The number of nitrogens with zero attached hydrogens (tertiary/aromatic N) is 2. The fourth-order valence-electron chi connectivity index (χ4n) is 10.3. The Bertz CT molecular complexity index is 3960. The van der Waals surface area contributed by atoms with Crippen LogP contribution < -0.4 is 4.90 Å². The minimum Gasteiger partial charge on any atom is -0.456 e. The highest BCUT2D eigenvalue weighted by atomic mass is 16.3. The minimum atomic E-state index is 0.885. The van der Waals surface area contributed by atoms with Gasteiger partial charge in [-0.1, -0.05) is 188 Å². The van der Waals surface area contributed by atoms with Gasteiger partial charge in [-0.2, -0.15) is 0 Å². The number of hydrogen-bond acceptors (Lipinski definition) is 2. The van der Waals surface area contributed by atoms with Gasteiger partial charge in [-0.05, 0) is 129 Å². The van der Waals surface area contributed by atoms with E-state index in [0.29, 0.717) is 0 Å². The van der Waals surface area contributed by atoms with Crippen molar-refractivity contribution in [3.05, 3.63) is 267 Å².